The van der Waals surface area contributed by atoms with Crippen LogP contribution in [0.1, 0.15) is 29.7 Å². The SMILES string of the molecule is COc1cc[nH]c1/C=C1\C(=O)Nc2ccc(F)c(C#C[C@@H]3CCCN3)c21. The van der Waals surface area contributed by atoms with Crippen molar-refractivity contribution >= 4 is 23.2 Å². The van der Waals surface area contributed by atoms with E-state index in [9.17, 15) is 9.18 Å². The first kappa shape index (κ1) is 16.4. The molecule has 1 aromatic heterocycles. The third-order valence-electron chi connectivity index (χ3n) is 4.60. The minimum Gasteiger partial charge on any atom is -0.495 e. The maximum absolute atomic E-state index is 14.5. The first-order valence-electron chi connectivity index (χ1n) is 8.49. The smallest absolute Gasteiger partial charge is 0.256 e. The van der Waals surface area contributed by atoms with Crippen LogP contribution in [-0.4, -0.2) is 30.6 Å². The number of ether oxygens (including phenoxy) is 1. The van der Waals surface area contributed by atoms with Crippen molar-refractivity contribution in [3.8, 4) is 17.6 Å². The maximum Gasteiger partial charge on any atom is 0.256 e. The number of methoxy groups -OCH3 is 1. The van der Waals surface area contributed by atoms with Gasteiger partial charge in [0.2, 0.25) is 0 Å². The number of aromatic nitrogens is 1. The molecule has 2 aromatic rings. The monoisotopic (exact) mass is 351 g/mol. The van der Waals surface area contributed by atoms with Crippen molar-refractivity contribution < 1.29 is 13.9 Å². The van der Waals surface area contributed by atoms with Crippen molar-refractivity contribution in [3.05, 3.63) is 47.0 Å². The van der Waals surface area contributed by atoms with Gasteiger partial charge in [-0.05, 0) is 43.7 Å². The fourth-order valence-electron chi connectivity index (χ4n) is 3.29. The minimum atomic E-state index is -0.435. The van der Waals surface area contributed by atoms with E-state index in [1.54, 1.807) is 31.5 Å². The Bertz CT molecular complexity index is 959. The van der Waals surface area contributed by atoms with E-state index in [-0.39, 0.29) is 17.5 Å². The Labute approximate surface area is 150 Å². The number of aromatic amines is 1. The summed E-state index contributed by atoms with van der Waals surface area (Å²) >= 11 is 0. The molecule has 3 N–H and O–H groups in total. The number of benzene rings is 1. The van der Waals surface area contributed by atoms with Gasteiger partial charge in [0.15, 0.2) is 0 Å². The number of hydrogen-bond donors (Lipinski definition) is 3. The second-order valence-corrected chi connectivity index (χ2v) is 6.24. The average molecular weight is 351 g/mol. The van der Waals surface area contributed by atoms with Crippen molar-refractivity contribution in [3.63, 3.8) is 0 Å². The summed E-state index contributed by atoms with van der Waals surface area (Å²) in [5, 5.41) is 6.05. The summed E-state index contributed by atoms with van der Waals surface area (Å²) in [5.74, 6) is 5.92. The molecule has 0 spiro atoms. The van der Waals surface area contributed by atoms with E-state index in [0.717, 1.165) is 19.4 Å². The molecular weight excluding hydrogens is 333 g/mol. The fraction of sp³-hybridized carbons (Fsp3) is 0.250. The van der Waals surface area contributed by atoms with Crippen LogP contribution in [0.5, 0.6) is 5.75 Å². The van der Waals surface area contributed by atoms with E-state index >= 15 is 0 Å². The molecule has 4 rings (SSSR count). The third-order valence-corrected chi connectivity index (χ3v) is 4.60. The van der Waals surface area contributed by atoms with E-state index in [1.807, 2.05) is 0 Å². The van der Waals surface area contributed by atoms with E-state index in [4.69, 9.17) is 4.74 Å². The molecule has 1 saturated heterocycles. The second-order valence-electron chi connectivity index (χ2n) is 6.24. The lowest BCUT2D eigenvalue weighted by Crippen LogP contribution is -2.18. The molecule has 0 radical (unpaired) electrons. The molecule has 0 aliphatic carbocycles. The van der Waals surface area contributed by atoms with Gasteiger partial charge in [-0.25, -0.2) is 4.39 Å². The van der Waals surface area contributed by atoms with Gasteiger partial charge < -0.3 is 20.4 Å². The highest BCUT2D eigenvalue weighted by Gasteiger charge is 2.29. The number of carbonyl (C=O) groups excluding carboxylic acids is 1. The molecule has 1 aromatic carbocycles. The maximum atomic E-state index is 14.5. The van der Waals surface area contributed by atoms with Crippen LogP contribution >= 0.6 is 0 Å². The molecule has 1 atom stereocenters. The summed E-state index contributed by atoms with van der Waals surface area (Å²) < 4.78 is 19.8. The Morgan fingerprint density at radius 1 is 1.35 bits per heavy atom. The molecule has 26 heavy (non-hydrogen) atoms. The highest BCUT2D eigenvalue weighted by atomic mass is 19.1. The molecule has 0 bridgehead atoms. The van der Waals surface area contributed by atoms with Crippen LogP contribution in [0.15, 0.2) is 24.4 Å². The topological polar surface area (TPSA) is 66.2 Å². The van der Waals surface area contributed by atoms with Gasteiger partial charge in [-0.3, -0.25) is 4.79 Å². The van der Waals surface area contributed by atoms with Gasteiger partial charge in [0.25, 0.3) is 5.91 Å². The Kier molecular flexibility index (Phi) is 4.23. The van der Waals surface area contributed by atoms with Crippen LogP contribution in [0.2, 0.25) is 0 Å². The predicted octanol–water partition coefficient (Wildman–Crippen LogP) is 2.76. The number of nitrogens with one attached hydrogen (secondary N) is 3. The Balaban J connectivity index is 1.82. The minimum absolute atomic E-state index is 0.0613. The highest BCUT2D eigenvalue weighted by molar-refractivity contribution is 6.35. The number of halogens is 1. The lowest BCUT2D eigenvalue weighted by atomic mass is 9.98. The number of anilines is 1. The highest BCUT2D eigenvalue weighted by Crippen LogP contribution is 2.37. The van der Waals surface area contributed by atoms with Crippen molar-refractivity contribution in [2.75, 3.05) is 19.0 Å². The van der Waals surface area contributed by atoms with Gasteiger partial charge in [-0.2, -0.15) is 0 Å². The predicted molar refractivity (Wildman–Crippen MR) is 98.1 cm³/mol. The van der Waals surface area contributed by atoms with Crippen LogP contribution in [0.4, 0.5) is 10.1 Å². The normalized spacial score (nSPS) is 19.8. The molecule has 3 heterocycles. The Morgan fingerprint density at radius 2 is 2.23 bits per heavy atom. The van der Waals surface area contributed by atoms with Crippen LogP contribution in [0, 0.1) is 17.7 Å². The van der Waals surface area contributed by atoms with Crippen molar-refractivity contribution in [2.24, 2.45) is 0 Å². The lowest BCUT2D eigenvalue weighted by Gasteiger charge is -2.05. The van der Waals surface area contributed by atoms with Gasteiger partial charge >= 0.3 is 0 Å². The zero-order valence-corrected chi connectivity index (χ0v) is 14.3. The first-order valence-corrected chi connectivity index (χ1v) is 8.49. The van der Waals surface area contributed by atoms with Gasteiger partial charge in [-0.1, -0.05) is 11.8 Å². The number of H-pyrrole nitrogens is 1. The molecule has 2 aliphatic rings. The van der Waals surface area contributed by atoms with Gasteiger partial charge in [-0.15, -0.1) is 0 Å². The summed E-state index contributed by atoms with van der Waals surface area (Å²) in [6.45, 7) is 0.923. The molecule has 1 amide bonds. The lowest BCUT2D eigenvalue weighted by molar-refractivity contribution is -0.110. The number of fused-ring (bicyclic) bond motifs is 1. The molecule has 5 nitrogen and oxygen atoms in total. The largest absolute Gasteiger partial charge is 0.495 e. The van der Waals surface area contributed by atoms with E-state index in [0.29, 0.717) is 28.3 Å². The number of rotatable bonds is 2. The van der Waals surface area contributed by atoms with Crippen LogP contribution in [-0.2, 0) is 4.79 Å². The molecule has 2 aliphatic heterocycles. The van der Waals surface area contributed by atoms with Crippen LogP contribution in [0.3, 0.4) is 0 Å². The second kappa shape index (κ2) is 6.70. The average Bonchev–Trinajstić information content (AvgIpc) is 3.36. The number of carbonyl (C=O) groups is 1. The summed E-state index contributed by atoms with van der Waals surface area (Å²) in [4.78, 5) is 15.5. The molecule has 0 unspecified atom stereocenters. The number of amides is 1. The molecule has 0 saturated carbocycles. The van der Waals surface area contributed by atoms with Crippen LogP contribution < -0.4 is 15.4 Å². The van der Waals surface area contributed by atoms with Crippen molar-refractivity contribution in [1.29, 1.82) is 0 Å². The summed E-state index contributed by atoms with van der Waals surface area (Å²) in [7, 11) is 1.55. The van der Waals surface area contributed by atoms with E-state index in [2.05, 4.69) is 27.5 Å². The quantitative estimate of drug-likeness (QED) is 0.576. The van der Waals surface area contributed by atoms with Crippen LogP contribution in [0.25, 0.3) is 11.6 Å². The number of hydrogen-bond acceptors (Lipinski definition) is 3. The Hall–Kier alpha value is -3.04. The van der Waals surface area contributed by atoms with E-state index in [1.165, 1.54) is 6.07 Å². The molecule has 132 valence electrons. The van der Waals surface area contributed by atoms with Crippen molar-refractivity contribution in [1.82, 2.24) is 10.3 Å². The molecule has 6 heteroatoms. The summed E-state index contributed by atoms with van der Waals surface area (Å²) in [5.41, 5.74) is 2.32. The van der Waals surface area contributed by atoms with Gasteiger partial charge in [0.05, 0.1) is 35.7 Å². The zero-order chi connectivity index (χ0) is 18.1. The molecular formula is C20H18FN3O2. The van der Waals surface area contributed by atoms with Crippen molar-refractivity contribution in [2.45, 2.75) is 18.9 Å². The summed E-state index contributed by atoms with van der Waals surface area (Å²) in [6.07, 6.45) is 5.39. The first-order chi connectivity index (χ1) is 12.7. The third kappa shape index (κ3) is 2.87. The zero-order valence-electron chi connectivity index (χ0n) is 14.3. The standard InChI is InChI=1S/C20H18FN3O2/c1-26-18-8-10-23-17(18)11-14-19-13(5-4-12-3-2-9-22-12)15(21)6-7-16(19)24-20(14)25/h6-8,10-12,22-23H,2-3,9H2,1H3,(H,24,25)/b14-11-/t12-/m0/s1. The van der Waals surface area contributed by atoms with E-state index < -0.39 is 5.82 Å². The van der Waals surface area contributed by atoms with Gasteiger partial charge in [0, 0.05) is 11.8 Å². The summed E-state index contributed by atoms with van der Waals surface area (Å²) in [6, 6.07) is 4.72. The van der Waals surface area contributed by atoms with Gasteiger partial charge in [0.1, 0.15) is 11.6 Å². The molecule has 1 fully saturated rings. The Morgan fingerprint density at radius 3 is 3.00 bits per heavy atom. The fourth-order valence-corrected chi connectivity index (χ4v) is 3.29.